The van der Waals surface area contributed by atoms with Crippen LogP contribution in [-0.4, -0.2) is 26.0 Å². The third-order valence-corrected chi connectivity index (χ3v) is 4.03. The van der Waals surface area contributed by atoms with Crippen LogP contribution in [0.5, 0.6) is 0 Å². The molecule has 0 aromatic heterocycles. The van der Waals surface area contributed by atoms with E-state index >= 15 is 0 Å². The molecule has 0 radical (unpaired) electrons. The first-order valence-corrected chi connectivity index (χ1v) is 7.28. The number of hydrogen-bond acceptors (Lipinski definition) is 2. The zero-order valence-electron chi connectivity index (χ0n) is 12.5. The van der Waals surface area contributed by atoms with Crippen LogP contribution in [0.4, 0.5) is 5.69 Å². The number of benzene rings is 2. The van der Waals surface area contributed by atoms with Gasteiger partial charge in [0.2, 0.25) is 0 Å². The van der Waals surface area contributed by atoms with E-state index in [0.29, 0.717) is 0 Å². The van der Waals surface area contributed by atoms with Gasteiger partial charge in [0.1, 0.15) is 0 Å². The predicted molar refractivity (Wildman–Crippen MR) is 85.9 cm³/mol. The Bertz CT molecular complexity index is 622. The van der Waals surface area contributed by atoms with Gasteiger partial charge >= 0.3 is 0 Å². The molecule has 1 aliphatic carbocycles. The van der Waals surface area contributed by atoms with Crippen LogP contribution in [0.3, 0.4) is 0 Å². The number of carbonyl (C=O) groups excluding carboxylic acids is 1. The average Bonchev–Trinajstić information content (AvgIpc) is 2.89. The lowest BCUT2D eigenvalue weighted by Crippen LogP contribution is -2.35. The van der Waals surface area contributed by atoms with Crippen LogP contribution in [0.15, 0.2) is 48.5 Å². The van der Waals surface area contributed by atoms with E-state index in [-0.39, 0.29) is 11.9 Å². The number of hydrogen-bond donors (Lipinski definition) is 1. The Morgan fingerprint density at radius 1 is 1.00 bits per heavy atom. The monoisotopic (exact) mass is 280 g/mol. The Morgan fingerprint density at radius 3 is 2.10 bits per heavy atom. The summed E-state index contributed by atoms with van der Waals surface area (Å²) in [6, 6.07) is 16.3. The average molecular weight is 280 g/mol. The molecule has 0 unspecified atom stereocenters. The molecular weight excluding hydrogens is 260 g/mol. The molecule has 0 spiro atoms. The van der Waals surface area contributed by atoms with Crippen molar-refractivity contribution in [1.29, 1.82) is 0 Å². The second-order valence-corrected chi connectivity index (χ2v) is 5.79. The molecule has 0 fully saturated rings. The molecule has 2 aromatic rings. The van der Waals surface area contributed by atoms with Gasteiger partial charge in [-0.3, -0.25) is 4.79 Å². The molecule has 0 atom stereocenters. The van der Waals surface area contributed by atoms with Gasteiger partial charge in [-0.15, -0.1) is 0 Å². The third kappa shape index (κ3) is 2.92. The topological polar surface area (TPSA) is 32.3 Å². The number of rotatable bonds is 3. The zero-order chi connectivity index (χ0) is 14.8. The van der Waals surface area contributed by atoms with Gasteiger partial charge in [0, 0.05) is 31.4 Å². The Morgan fingerprint density at radius 2 is 1.57 bits per heavy atom. The van der Waals surface area contributed by atoms with Crippen molar-refractivity contribution in [1.82, 2.24) is 5.32 Å². The molecule has 21 heavy (non-hydrogen) atoms. The van der Waals surface area contributed by atoms with E-state index in [1.165, 1.54) is 11.1 Å². The molecule has 108 valence electrons. The van der Waals surface area contributed by atoms with Gasteiger partial charge < -0.3 is 10.2 Å². The minimum absolute atomic E-state index is 0.0121. The maximum Gasteiger partial charge on any atom is 0.251 e. The lowest BCUT2D eigenvalue weighted by molar-refractivity contribution is 0.0938. The maximum absolute atomic E-state index is 12.3. The lowest BCUT2D eigenvalue weighted by Gasteiger charge is -2.14. The summed E-state index contributed by atoms with van der Waals surface area (Å²) in [4.78, 5) is 14.3. The second kappa shape index (κ2) is 5.60. The standard InChI is InChI=1S/C18H20N2O/c1-20(2)17-9-7-13(8-10-17)18(21)19-16-11-14-5-3-4-6-15(14)12-16/h3-10,16H,11-12H2,1-2H3,(H,19,21). The highest BCUT2D eigenvalue weighted by Gasteiger charge is 2.22. The summed E-state index contributed by atoms with van der Waals surface area (Å²) in [6.07, 6.45) is 1.86. The SMILES string of the molecule is CN(C)c1ccc(C(=O)NC2Cc3ccccc3C2)cc1. The fourth-order valence-corrected chi connectivity index (χ4v) is 2.84. The summed E-state index contributed by atoms with van der Waals surface area (Å²) in [7, 11) is 3.98. The first-order valence-electron chi connectivity index (χ1n) is 7.28. The van der Waals surface area contributed by atoms with Gasteiger partial charge in [0.15, 0.2) is 0 Å². The van der Waals surface area contributed by atoms with Crippen LogP contribution in [0, 0.1) is 0 Å². The molecule has 3 heteroatoms. The molecule has 0 saturated heterocycles. The number of anilines is 1. The summed E-state index contributed by atoms with van der Waals surface area (Å²) in [5.74, 6) is 0.0121. The highest BCUT2D eigenvalue weighted by Crippen LogP contribution is 2.22. The summed E-state index contributed by atoms with van der Waals surface area (Å²) >= 11 is 0. The van der Waals surface area contributed by atoms with E-state index in [2.05, 4.69) is 29.6 Å². The molecule has 1 N–H and O–H groups in total. The highest BCUT2D eigenvalue weighted by atomic mass is 16.1. The van der Waals surface area contributed by atoms with Crippen molar-refractivity contribution in [2.45, 2.75) is 18.9 Å². The van der Waals surface area contributed by atoms with E-state index in [9.17, 15) is 4.79 Å². The number of nitrogens with one attached hydrogen (secondary N) is 1. The predicted octanol–water partition coefficient (Wildman–Crippen LogP) is 2.65. The van der Waals surface area contributed by atoms with E-state index in [1.807, 2.05) is 43.3 Å². The van der Waals surface area contributed by atoms with Crippen molar-refractivity contribution >= 4 is 11.6 Å². The number of amides is 1. The van der Waals surface area contributed by atoms with Gasteiger partial charge in [-0.05, 0) is 48.2 Å². The van der Waals surface area contributed by atoms with Crippen molar-refractivity contribution in [2.75, 3.05) is 19.0 Å². The van der Waals surface area contributed by atoms with Crippen LogP contribution < -0.4 is 10.2 Å². The Labute approximate surface area is 125 Å². The van der Waals surface area contributed by atoms with Gasteiger partial charge in [-0.2, -0.15) is 0 Å². The minimum Gasteiger partial charge on any atom is -0.378 e. The van der Waals surface area contributed by atoms with Crippen LogP contribution in [-0.2, 0) is 12.8 Å². The fourth-order valence-electron chi connectivity index (χ4n) is 2.84. The maximum atomic E-state index is 12.3. The molecule has 1 amide bonds. The Kier molecular flexibility index (Phi) is 3.65. The van der Waals surface area contributed by atoms with Gasteiger partial charge in [0.25, 0.3) is 5.91 Å². The number of fused-ring (bicyclic) bond motifs is 1. The molecule has 0 aliphatic heterocycles. The molecular formula is C18H20N2O. The van der Waals surface area contributed by atoms with Crippen LogP contribution in [0.25, 0.3) is 0 Å². The van der Waals surface area contributed by atoms with Gasteiger partial charge in [-0.25, -0.2) is 0 Å². The van der Waals surface area contributed by atoms with E-state index in [1.54, 1.807) is 0 Å². The molecule has 0 bridgehead atoms. The van der Waals surface area contributed by atoms with Crippen LogP contribution in [0.1, 0.15) is 21.5 Å². The van der Waals surface area contributed by atoms with Crippen LogP contribution in [0.2, 0.25) is 0 Å². The molecule has 1 aliphatic rings. The van der Waals surface area contributed by atoms with E-state index in [0.717, 1.165) is 24.1 Å². The van der Waals surface area contributed by atoms with Gasteiger partial charge in [-0.1, -0.05) is 24.3 Å². The minimum atomic E-state index is 0.0121. The highest BCUT2D eigenvalue weighted by molar-refractivity contribution is 5.94. The quantitative estimate of drug-likeness (QED) is 0.937. The number of carbonyl (C=O) groups is 1. The van der Waals surface area contributed by atoms with Crippen molar-refractivity contribution in [3.63, 3.8) is 0 Å². The van der Waals surface area contributed by atoms with Crippen molar-refractivity contribution in [3.05, 3.63) is 65.2 Å². The van der Waals surface area contributed by atoms with Crippen molar-refractivity contribution in [3.8, 4) is 0 Å². The number of nitrogens with zero attached hydrogens (tertiary/aromatic N) is 1. The largest absolute Gasteiger partial charge is 0.378 e. The summed E-state index contributed by atoms with van der Waals surface area (Å²) in [6.45, 7) is 0. The Hall–Kier alpha value is -2.29. The smallest absolute Gasteiger partial charge is 0.251 e. The molecule has 2 aromatic carbocycles. The van der Waals surface area contributed by atoms with Gasteiger partial charge in [0.05, 0.1) is 0 Å². The summed E-state index contributed by atoms with van der Waals surface area (Å²) < 4.78 is 0. The normalized spacial score (nSPS) is 13.8. The summed E-state index contributed by atoms with van der Waals surface area (Å²) in [5, 5.41) is 3.14. The fraction of sp³-hybridized carbons (Fsp3) is 0.278. The second-order valence-electron chi connectivity index (χ2n) is 5.79. The third-order valence-electron chi connectivity index (χ3n) is 4.03. The molecule has 3 rings (SSSR count). The van der Waals surface area contributed by atoms with Crippen molar-refractivity contribution < 1.29 is 4.79 Å². The summed E-state index contributed by atoms with van der Waals surface area (Å²) in [5.41, 5.74) is 4.52. The molecule has 3 nitrogen and oxygen atoms in total. The lowest BCUT2D eigenvalue weighted by atomic mass is 10.1. The van der Waals surface area contributed by atoms with E-state index < -0.39 is 0 Å². The van der Waals surface area contributed by atoms with E-state index in [4.69, 9.17) is 0 Å². The first kappa shape index (κ1) is 13.7. The Balaban J connectivity index is 1.65. The molecule has 0 saturated carbocycles. The van der Waals surface area contributed by atoms with Crippen molar-refractivity contribution in [2.24, 2.45) is 0 Å². The molecule has 0 heterocycles. The van der Waals surface area contributed by atoms with Crippen LogP contribution >= 0.6 is 0 Å². The first-order chi connectivity index (χ1) is 10.1. The zero-order valence-corrected chi connectivity index (χ0v) is 12.5.